The summed E-state index contributed by atoms with van der Waals surface area (Å²) in [5.74, 6) is 0.000526. The van der Waals surface area contributed by atoms with Crippen molar-refractivity contribution in [1.82, 2.24) is 4.90 Å². The zero-order chi connectivity index (χ0) is 16.2. The lowest BCUT2D eigenvalue weighted by atomic mass is 10.2. The van der Waals surface area contributed by atoms with E-state index in [9.17, 15) is 13.2 Å². The molecule has 1 aromatic carbocycles. The molecule has 1 amide bonds. The van der Waals surface area contributed by atoms with E-state index in [1.165, 1.54) is 0 Å². The van der Waals surface area contributed by atoms with Crippen LogP contribution in [0.25, 0.3) is 0 Å². The summed E-state index contributed by atoms with van der Waals surface area (Å²) in [6, 6.07) is 6.68. The molecule has 0 spiro atoms. The van der Waals surface area contributed by atoms with E-state index in [4.69, 9.17) is 5.73 Å². The molecular formula is C15H22BrClN2O3S. The van der Waals surface area contributed by atoms with Gasteiger partial charge in [-0.05, 0) is 43.5 Å². The third-order valence-electron chi connectivity index (χ3n) is 3.95. The predicted octanol–water partition coefficient (Wildman–Crippen LogP) is 2.37. The van der Waals surface area contributed by atoms with Crippen molar-refractivity contribution in [1.29, 1.82) is 0 Å². The van der Waals surface area contributed by atoms with Crippen molar-refractivity contribution < 1.29 is 13.2 Å². The largest absolute Gasteiger partial charge is 0.338 e. The molecule has 1 aromatic rings. The van der Waals surface area contributed by atoms with Gasteiger partial charge in [0.15, 0.2) is 9.84 Å². The Kier molecular flexibility index (Phi) is 8.00. The lowest BCUT2D eigenvalue weighted by molar-refractivity contribution is -0.131. The second-order valence-electron chi connectivity index (χ2n) is 5.50. The van der Waals surface area contributed by atoms with Gasteiger partial charge in [0.2, 0.25) is 5.91 Å². The van der Waals surface area contributed by atoms with Gasteiger partial charge in [-0.1, -0.05) is 15.9 Å². The van der Waals surface area contributed by atoms with Crippen LogP contribution in [0.1, 0.15) is 25.7 Å². The average Bonchev–Trinajstić information content (AvgIpc) is 2.96. The summed E-state index contributed by atoms with van der Waals surface area (Å²) in [7, 11) is -3.33. The Morgan fingerprint density at radius 1 is 1.30 bits per heavy atom. The van der Waals surface area contributed by atoms with Crippen LogP contribution in [0.15, 0.2) is 33.6 Å². The molecule has 0 bridgehead atoms. The Labute approximate surface area is 152 Å². The minimum atomic E-state index is -3.33. The normalized spacial score (nSPS) is 17.8. The van der Waals surface area contributed by atoms with Crippen LogP contribution in [0.3, 0.4) is 0 Å². The second kappa shape index (κ2) is 9.01. The van der Waals surface area contributed by atoms with E-state index in [2.05, 4.69) is 15.9 Å². The van der Waals surface area contributed by atoms with E-state index in [1.54, 1.807) is 29.2 Å². The van der Waals surface area contributed by atoms with E-state index >= 15 is 0 Å². The Balaban J connectivity index is 0.00000264. The van der Waals surface area contributed by atoms with Crippen LogP contribution in [-0.2, 0) is 14.6 Å². The van der Waals surface area contributed by atoms with Crippen molar-refractivity contribution in [2.45, 2.75) is 36.6 Å². The number of carbonyl (C=O) groups excluding carboxylic acids is 1. The molecule has 1 aliphatic heterocycles. The molecule has 130 valence electrons. The van der Waals surface area contributed by atoms with Crippen LogP contribution in [0.4, 0.5) is 0 Å². The quantitative estimate of drug-likeness (QED) is 0.759. The Morgan fingerprint density at radius 2 is 1.96 bits per heavy atom. The van der Waals surface area contributed by atoms with E-state index in [0.717, 1.165) is 23.9 Å². The first kappa shape index (κ1) is 20.4. The molecule has 23 heavy (non-hydrogen) atoms. The van der Waals surface area contributed by atoms with Gasteiger partial charge < -0.3 is 10.6 Å². The minimum Gasteiger partial charge on any atom is -0.338 e. The molecule has 8 heteroatoms. The number of sulfone groups is 1. The Bertz CT molecular complexity index is 622. The maximum Gasteiger partial charge on any atom is 0.222 e. The molecular weight excluding hydrogens is 404 g/mol. The van der Waals surface area contributed by atoms with E-state index in [1.807, 2.05) is 0 Å². The molecule has 2 rings (SSSR count). The molecule has 1 fully saturated rings. The van der Waals surface area contributed by atoms with Gasteiger partial charge in [0.05, 0.1) is 10.6 Å². The maximum atomic E-state index is 12.2. The summed E-state index contributed by atoms with van der Waals surface area (Å²) in [5, 5.41) is 0. The topological polar surface area (TPSA) is 80.5 Å². The van der Waals surface area contributed by atoms with Gasteiger partial charge in [-0.2, -0.15) is 0 Å². The molecule has 0 aliphatic carbocycles. The van der Waals surface area contributed by atoms with Gasteiger partial charge >= 0.3 is 0 Å². The fourth-order valence-corrected chi connectivity index (χ4v) is 4.30. The number of hydrogen-bond acceptors (Lipinski definition) is 4. The molecule has 1 heterocycles. The monoisotopic (exact) mass is 424 g/mol. The van der Waals surface area contributed by atoms with Crippen LogP contribution >= 0.6 is 28.3 Å². The van der Waals surface area contributed by atoms with Crippen LogP contribution in [0.2, 0.25) is 0 Å². The smallest absolute Gasteiger partial charge is 0.222 e. The highest BCUT2D eigenvalue weighted by Gasteiger charge is 2.27. The number of benzene rings is 1. The molecule has 1 aliphatic rings. The molecule has 2 N–H and O–H groups in total. The fraction of sp³-hybridized carbons (Fsp3) is 0.533. The van der Waals surface area contributed by atoms with Crippen molar-refractivity contribution in [3.63, 3.8) is 0 Å². The van der Waals surface area contributed by atoms with Gasteiger partial charge in [0.1, 0.15) is 0 Å². The fourth-order valence-electron chi connectivity index (χ4n) is 2.73. The molecule has 0 aromatic heterocycles. The van der Waals surface area contributed by atoms with Crippen molar-refractivity contribution in [3.8, 4) is 0 Å². The number of nitrogens with zero attached hydrogens (tertiary/aromatic N) is 1. The highest BCUT2D eigenvalue weighted by molar-refractivity contribution is 9.10. The summed E-state index contributed by atoms with van der Waals surface area (Å²) in [6.07, 6.45) is 2.52. The third-order valence-corrected chi connectivity index (χ3v) is 6.29. The van der Waals surface area contributed by atoms with Crippen molar-refractivity contribution >= 4 is 44.1 Å². The van der Waals surface area contributed by atoms with Gasteiger partial charge in [-0.3, -0.25) is 4.79 Å². The number of halogens is 2. The Morgan fingerprint density at radius 3 is 2.57 bits per heavy atom. The lowest BCUT2D eigenvalue weighted by Crippen LogP contribution is -2.39. The van der Waals surface area contributed by atoms with Gasteiger partial charge in [0, 0.05) is 30.0 Å². The van der Waals surface area contributed by atoms with E-state index in [0.29, 0.717) is 17.9 Å². The molecule has 1 atom stereocenters. The van der Waals surface area contributed by atoms with Crippen molar-refractivity contribution in [3.05, 3.63) is 28.7 Å². The van der Waals surface area contributed by atoms with Crippen molar-refractivity contribution in [2.24, 2.45) is 5.73 Å². The third kappa shape index (κ3) is 5.45. The maximum absolute atomic E-state index is 12.2. The van der Waals surface area contributed by atoms with Gasteiger partial charge in [0.25, 0.3) is 0 Å². The summed E-state index contributed by atoms with van der Waals surface area (Å²) in [5.41, 5.74) is 5.65. The van der Waals surface area contributed by atoms with Crippen LogP contribution < -0.4 is 5.73 Å². The molecule has 5 nitrogen and oxygen atoms in total. The standard InChI is InChI=1S/C15H21BrN2O3S.ClH/c16-12-5-7-14(8-6-12)22(20,21)10-2-4-15(19)18-9-1-3-13(18)11-17;/h5-8,13H,1-4,9-11,17H2;1H. The molecule has 1 unspecified atom stereocenters. The second-order valence-corrected chi connectivity index (χ2v) is 8.52. The summed E-state index contributed by atoms with van der Waals surface area (Å²) in [6.45, 7) is 1.21. The molecule has 0 radical (unpaired) electrons. The average molecular weight is 426 g/mol. The van der Waals surface area contributed by atoms with E-state index in [-0.39, 0.29) is 36.5 Å². The van der Waals surface area contributed by atoms with Gasteiger partial charge in [-0.15, -0.1) is 12.4 Å². The molecule has 0 saturated carbocycles. The zero-order valence-electron chi connectivity index (χ0n) is 12.8. The number of carbonyl (C=O) groups is 1. The predicted molar refractivity (Wildman–Crippen MR) is 96.5 cm³/mol. The number of hydrogen-bond donors (Lipinski definition) is 1. The van der Waals surface area contributed by atoms with Gasteiger partial charge in [-0.25, -0.2) is 8.42 Å². The minimum absolute atomic E-state index is 0. The van der Waals surface area contributed by atoms with Crippen LogP contribution in [0.5, 0.6) is 0 Å². The first-order valence-electron chi connectivity index (χ1n) is 7.42. The first-order valence-corrected chi connectivity index (χ1v) is 9.86. The van der Waals surface area contributed by atoms with Crippen LogP contribution in [0, 0.1) is 0 Å². The summed E-state index contributed by atoms with van der Waals surface area (Å²) in [4.78, 5) is 14.2. The lowest BCUT2D eigenvalue weighted by Gasteiger charge is -2.23. The number of amides is 1. The van der Waals surface area contributed by atoms with Crippen molar-refractivity contribution in [2.75, 3.05) is 18.8 Å². The number of nitrogens with two attached hydrogens (primary N) is 1. The van der Waals surface area contributed by atoms with E-state index < -0.39 is 9.84 Å². The zero-order valence-corrected chi connectivity index (χ0v) is 16.0. The summed E-state index contributed by atoms with van der Waals surface area (Å²) < 4.78 is 25.2. The Hall–Kier alpha value is -0.630. The SMILES string of the molecule is Cl.NCC1CCCN1C(=O)CCCS(=O)(=O)c1ccc(Br)cc1. The highest BCUT2D eigenvalue weighted by Crippen LogP contribution is 2.19. The number of likely N-dealkylation sites (tertiary alicyclic amines) is 1. The summed E-state index contributed by atoms with van der Waals surface area (Å²) >= 11 is 3.28. The highest BCUT2D eigenvalue weighted by atomic mass is 79.9. The number of rotatable bonds is 6. The van der Waals surface area contributed by atoms with Crippen LogP contribution in [-0.4, -0.2) is 44.1 Å². The molecule has 1 saturated heterocycles. The first-order chi connectivity index (χ1) is 10.4.